The van der Waals surface area contributed by atoms with E-state index >= 15 is 0 Å². The van der Waals surface area contributed by atoms with Crippen LogP contribution in [0.15, 0.2) is 46.9 Å². The number of primary amides is 1. The Balaban J connectivity index is 1.98. The molecule has 0 fully saturated rings. The van der Waals surface area contributed by atoms with E-state index in [0.29, 0.717) is 11.3 Å². The Hall–Kier alpha value is -2.34. The van der Waals surface area contributed by atoms with Crippen molar-refractivity contribution in [3.05, 3.63) is 58.1 Å². The highest BCUT2D eigenvalue weighted by Gasteiger charge is 2.09. The van der Waals surface area contributed by atoms with Crippen molar-refractivity contribution < 1.29 is 9.59 Å². The van der Waals surface area contributed by atoms with Crippen molar-refractivity contribution in [2.75, 3.05) is 17.2 Å². The smallest absolute Gasteiger partial charge is 0.250 e. The van der Waals surface area contributed by atoms with Gasteiger partial charge in [-0.1, -0.05) is 28.1 Å². The number of benzene rings is 2. The van der Waals surface area contributed by atoms with Gasteiger partial charge in [0.1, 0.15) is 0 Å². The SMILES string of the molecule is Cc1cc(NC(=O)CNc2ccccc2C(N)=O)ccc1Br. The average Bonchev–Trinajstić information content (AvgIpc) is 2.49. The summed E-state index contributed by atoms with van der Waals surface area (Å²) in [6, 6.07) is 12.4. The zero-order valence-electron chi connectivity index (χ0n) is 12.0. The van der Waals surface area contributed by atoms with E-state index in [0.717, 1.165) is 15.7 Å². The van der Waals surface area contributed by atoms with Crippen LogP contribution in [-0.2, 0) is 4.79 Å². The highest BCUT2D eigenvalue weighted by Crippen LogP contribution is 2.20. The normalized spacial score (nSPS) is 10.1. The highest BCUT2D eigenvalue weighted by molar-refractivity contribution is 9.10. The summed E-state index contributed by atoms with van der Waals surface area (Å²) < 4.78 is 0.985. The molecule has 0 aromatic heterocycles. The molecule has 0 bridgehead atoms. The van der Waals surface area contributed by atoms with Crippen molar-refractivity contribution in [2.45, 2.75) is 6.92 Å². The second-order valence-electron chi connectivity index (χ2n) is 4.78. The van der Waals surface area contributed by atoms with Gasteiger partial charge in [0.25, 0.3) is 5.91 Å². The number of carbonyl (C=O) groups is 2. The maximum Gasteiger partial charge on any atom is 0.250 e. The van der Waals surface area contributed by atoms with E-state index in [1.807, 2.05) is 25.1 Å². The Morgan fingerprint density at radius 1 is 1.18 bits per heavy atom. The number of rotatable bonds is 5. The molecule has 0 unspecified atom stereocenters. The molecule has 0 radical (unpaired) electrons. The third-order valence-electron chi connectivity index (χ3n) is 3.07. The van der Waals surface area contributed by atoms with E-state index in [9.17, 15) is 9.59 Å². The molecule has 4 N–H and O–H groups in total. The van der Waals surface area contributed by atoms with Crippen LogP contribution in [0.4, 0.5) is 11.4 Å². The van der Waals surface area contributed by atoms with Gasteiger partial charge in [0.05, 0.1) is 12.1 Å². The fourth-order valence-corrected chi connectivity index (χ4v) is 2.20. The Morgan fingerprint density at radius 2 is 1.91 bits per heavy atom. The summed E-state index contributed by atoms with van der Waals surface area (Å²) in [5, 5.41) is 5.71. The van der Waals surface area contributed by atoms with Crippen molar-refractivity contribution in [3.63, 3.8) is 0 Å². The quantitative estimate of drug-likeness (QED) is 0.765. The van der Waals surface area contributed by atoms with E-state index in [-0.39, 0.29) is 12.5 Å². The molecule has 0 aliphatic rings. The first kappa shape index (κ1) is 16.0. The molecule has 0 saturated carbocycles. The number of hydrogen-bond donors (Lipinski definition) is 3. The Labute approximate surface area is 137 Å². The first-order valence-corrected chi connectivity index (χ1v) is 7.45. The van der Waals surface area contributed by atoms with E-state index in [4.69, 9.17) is 5.73 Å². The van der Waals surface area contributed by atoms with Crippen LogP contribution in [0.5, 0.6) is 0 Å². The molecule has 5 nitrogen and oxygen atoms in total. The minimum atomic E-state index is -0.535. The third-order valence-corrected chi connectivity index (χ3v) is 3.96. The van der Waals surface area contributed by atoms with Crippen LogP contribution in [0, 0.1) is 6.92 Å². The van der Waals surface area contributed by atoms with Gasteiger partial charge >= 0.3 is 0 Å². The number of nitrogens with two attached hydrogens (primary N) is 1. The van der Waals surface area contributed by atoms with Crippen molar-refractivity contribution >= 4 is 39.1 Å². The molecular weight excluding hydrogens is 346 g/mol. The Bertz CT molecular complexity index is 716. The monoisotopic (exact) mass is 361 g/mol. The van der Waals surface area contributed by atoms with E-state index in [1.165, 1.54) is 0 Å². The summed E-state index contributed by atoms with van der Waals surface area (Å²) in [5.74, 6) is -0.743. The lowest BCUT2D eigenvalue weighted by Gasteiger charge is -2.11. The van der Waals surface area contributed by atoms with Crippen LogP contribution < -0.4 is 16.4 Å². The van der Waals surface area contributed by atoms with E-state index < -0.39 is 5.91 Å². The standard InChI is InChI=1S/C16H16BrN3O2/c1-10-8-11(6-7-13(10)17)20-15(21)9-19-14-5-3-2-4-12(14)16(18)22/h2-8,19H,9H2,1H3,(H2,18,22)(H,20,21). The molecule has 0 heterocycles. The first-order chi connectivity index (χ1) is 10.5. The lowest BCUT2D eigenvalue weighted by Crippen LogP contribution is -2.23. The molecule has 2 rings (SSSR count). The highest BCUT2D eigenvalue weighted by atomic mass is 79.9. The predicted octanol–water partition coefficient (Wildman–Crippen LogP) is 2.91. The van der Waals surface area contributed by atoms with Crippen molar-refractivity contribution in [1.29, 1.82) is 0 Å². The maximum atomic E-state index is 12.0. The van der Waals surface area contributed by atoms with Crippen molar-refractivity contribution in [2.24, 2.45) is 5.73 Å². The van der Waals surface area contributed by atoms with E-state index in [2.05, 4.69) is 26.6 Å². The second-order valence-corrected chi connectivity index (χ2v) is 5.63. The summed E-state index contributed by atoms with van der Waals surface area (Å²) in [4.78, 5) is 23.3. The summed E-state index contributed by atoms with van der Waals surface area (Å²) >= 11 is 3.41. The number of nitrogens with one attached hydrogen (secondary N) is 2. The molecule has 22 heavy (non-hydrogen) atoms. The van der Waals surface area contributed by atoms with Crippen molar-refractivity contribution in [3.8, 4) is 0 Å². The Morgan fingerprint density at radius 3 is 2.59 bits per heavy atom. The largest absolute Gasteiger partial charge is 0.376 e. The lowest BCUT2D eigenvalue weighted by molar-refractivity contribution is -0.114. The first-order valence-electron chi connectivity index (χ1n) is 6.66. The minimum Gasteiger partial charge on any atom is -0.376 e. The van der Waals surface area contributed by atoms with Gasteiger partial charge in [-0.15, -0.1) is 0 Å². The van der Waals surface area contributed by atoms with Crippen LogP contribution in [0.1, 0.15) is 15.9 Å². The molecule has 0 aliphatic heterocycles. The van der Waals surface area contributed by atoms with E-state index in [1.54, 1.807) is 24.3 Å². The summed E-state index contributed by atoms with van der Waals surface area (Å²) in [6.07, 6.45) is 0. The summed E-state index contributed by atoms with van der Waals surface area (Å²) in [7, 11) is 0. The lowest BCUT2D eigenvalue weighted by atomic mass is 10.1. The molecule has 0 aliphatic carbocycles. The van der Waals surface area contributed by atoms with Gasteiger partial charge in [0.2, 0.25) is 5.91 Å². The van der Waals surface area contributed by atoms with Gasteiger partial charge in [0.15, 0.2) is 0 Å². The maximum absolute atomic E-state index is 12.0. The molecule has 0 spiro atoms. The van der Waals surface area contributed by atoms with Crippen LogP contribution in [0.2, 0.25) is 0 Å². The predicted molar refractivity (Wildman–Crippen MR) is 91.0 cm³/mol. The fourth-order valence-electron chi connectivity index (χ4n) is 1.96. The number of anilines is 2. The molecule has 2 aromatic carbocycles. The summed E-state index contributed by atoms with van der Waals surface area (Å²) in [6.45, 7) is 1.99. The third kappa shape index (κ3) is 4.08. The average molecular weight is 362 g/mol. The molecule has 2 aromatic rings. The molecule has 2 amide bonds. The second kappa shape index (κ2) is 7.09. The van der Waals surface area contributed by atoms with Crippen molar-refractivity contribution in [1.82, 2.24) is 0 Å². The molecular formula is C16H16BrN3O2. The zero-order valence-corrected chi connectivity index (χ0v) is 13.6. The Kier molecular flexibility index (Phi) is 5.16. The molecule has 0 atom stereocenters. The fraction of sp³-hybridized carbons (Fsp3) is 0.125. The number of hydrogen-bond acceptors (Lipinski definition) is 3. The summed E-state index contributed by atoms with van der Waals surface area (Å²) in [5.41, 5.74) is 7.94. The van der Waals surface area contributed by atoms with Crippen LogP contribution in [0.25, 0.3) is 0 Å². The molecule has 114 valence electrons. The zero-order chi connectivity index (χ0) is 16.1. The minimum absolute atomic E-state index is 0.0411. The number of aryl methyl sites for hydroxylation is 1. The number of para-hydroxylation sites is 1. The van der Waals surface area contributed by atoms with Gasteiger partial charge in [-0.3, -0.25) is 9.59 Å². The van der Waals surface area contributed by atoms with Gasteiger partial charge < -0.3 is 16.4 Å². The van der Waals surface area contributed by atoms with Gasteiger partial charge in [-0.25, -0.2) is 0 Å². The van der Waals surface area contributed by atoms with Gasteiger partial charge in [-0.2, -0.15) is 0 Å². The number of amides is 2. The number of carbonyl (C=O) groups excluding carboxylic acids is 2. The topological polar surface area (TPSA) is 84.2 Å². The van der Waals surface area contributed by atoms with Crippen LogP contribution in [-0.4, -0.2) is 18.4 Å². The molecule has 0 saturated heterocycles. The van der Waals surface area contributed by atoms with Crippen LogP contribution in [0.3, 0.4) is 0 Å². The van der Waals surface area contributed by atoms with Gasteiger partial charge in [-0.05, 0) is 42.8 Å². The molecule has 6 heteroatoms. The number of halogens is 1. The van der Waals surface area contributed by atoms with Crippen LogP contribution >= 0.6 is 15.9 Å². The van der Waals surface area contributed by atoms with Gasteiger partial charge in [0, 0.05) is 15.8 Å².